The fourth-order valence-electron chi connectivity index (χ4n) is 1.34. The van der Waals surface area contributed by atoms with Crippen molar-refractivity contribution in [2.75, 3.05) is 6.61 Å². The molecular formula is C10H17N3O2. The number of aryl methyl sites for hydroxylation is 1. The third-order valence-electron chi connectivity index (χ3n) is 2.06. The first kappa shape index (κ1) is 11.7. The minimum absolute atomic E-state index is 0.109. The fraction of sp³-hybridized carbons (Fsp3) is 0.700. The molecule has 0 aliphatic rings. The Kier molecular flexibility index (Phi) is 3.82. The molecule has 0 saturated carbocycles. The highest BCUT2D eigenvalue weighted by Gasteiger charge is 2.21. The highest BCUT2D eigenvalue weighted by molar-refractivity contribution is 5.88. The lowest BCUT2D eigenvalue weighted by atomic mass is 10.2. The summed E-state index contributed by atoms with van der Waals surface area (Å²) in [4.78, 5) is 11.7. The van der Waals surface area contributed by atoms with Gasteiger partial charge in [0.05, 0.1) is 12.3 Å². The Bertz CT molecular complexity index is 344. The molecule has 1 aromatic rings. The fourth-order valence-corrected chi connectivity index (χ4v) is 1.34. The third-order valence-corrected chi connectivity index (χ3v) is 2.06. The van der Waals surface area contributed by atoms with Gasteiger partial charge in [0.25, 0.3) is 0 Å². The Morgan fingerprint density at radius 3 is 2.60 bits per heavy atom. The Morgan fingerprint density at radius 2 is 2.13 bits per heavy atom. The number of rotatable bonds is 4. The largest absolute Gasteiger partial charge is 0.461 e. The van der Waals surface area contributed by atoms with E-state index in [0.29, 0.717) is 24.4 Å². The zero-order valence-corrected chi connectivity index (χ0v) is 9.65. The summed E-state index contributed by atoms with van der Waals surface area (Å²) in [5.41, 5.74) is 1.18. The molecule has 0 atom stereocenters. The van der Waals surface area contributed by atoms with E-state index < -0.39 is 0 Å². The summed E-state index contributed by atoms with van der Waals surface area (Å²) in [6.07, 6.45) is 0.681. The molecule has 0 aliphatic carbocycles. The van der Waals surface area contributed by atoms with Crippen LogP contribution in [0.25, 0.3) is 0 Å². The first-order valence-electron chi connectivity index (χ1n) is 5.22. The molecule has 1 heterocycles. The molecule has 0 unspecified atom stereocenters. The summed E-state index contributed by atoms with van der Waals surface area (Å²) in [6.45, 7) is 8.00. The molecule has 0 bridgehead atoms. The average Bonchev–Trinajstić information content (AvgIpc) is 2.61. The van der Waals surface area contributed by atoms with Crippen molar-refractivity contribution in [3.05, 3.63) is 11.4 Å². The summed E-state index contributed by atoms with van der Waals surface area (Å²) >= 11 is 0. The van der Waals surface area contributed by atoms with Crippen molar-refractivity contribution in [2.24, 2.45) is 0 Å². The number of hydrogen-bond acceptors (Lipinski definition) is 4. The highest BCUT2D eigenvalue weighted by atomic mass is 16.5. The number of esters is 1. The number of nitrogens with zero attached hydrogens (tertiary/aromatic N) is 3. The van der Waals surface area contributed by atoms with Crippen molar-refractivity contribution in [1.82, 2.24) is 15.0 Å². The molecule has 0 saturated heterocycles. The van der Waals surface area contributed by atoms with Gasteiger partial charge in [0.1, 0.15) is 0 Å². The van der Waals surface area contributed by atoms with Gasteiger partial charge < -0.3 is 4.74 Å². The van der Waals surface area contributed by atoms with E-state index in [-0.39, 0.29) is 12.0 Å². The predicted molar refractivity (Wildman–Crippen MR) is 55.7 cm³/mol. The van der Waals surface area contributed by atoms with Gasteiger partial charge >= 0.3 is 5.97 Å². The first-order valence-corrected chi connectivity index (χ1v) is 5.22. The number of aromatic nitrogens is 3. The van der Waals surface area contributed by atoms with Gasteiger partial charge in [-0.05, 0) is 27.2 Å². The zero-order valence-electron chi connectivity index (χ0n) is 9.65. The lowest BCUT2D eigenvalue weighted by Gasteiger charge is -2.09. The minimum atomic E-state index is -0.340. The van der Waals surface area contributed by atoms with Gasteiger partial charge in [-0.3, -0.25) is 0 Å². The van der Waals surface area contributed by atoms with Crippen LogP contribution in [0.3, 0.4) is 0 Å². The number of carbonyl (C=O) groups excluding carboxylic acids is 1. The molecule has 15 heavy (non-hydrogen) atoms. The van der Waals surface area contributed by atoms with E-state index in [0.717, 1.165) is 0 Å². The zero-order chi connectivity index (χ0) is 11.4. The second-order valence-corrected chi connectivity index (χ2v) is 3.50. The van der Waals surface area contributed by atoms with Crippen LogP contribution in [0.5, 0.6) is 0 Å². The smallest absolute Gasteiger partial charge is 0.358 e. The van der Waals surface area contributed by atoms with Crippen molar-refractivity contribution in [2.45, 2.75) is 40.2 Å². The van der Waals surface area contributed by atoms with Crippen molar-refractivity contribution in [1.29, 1.82) is 0 Å². The van der Waals surface area contributed by atoms with E-state index in [1.807, 2.05) is 20.8 Å². The number of ether oxygens (including phenoxy) is 1. The molecule has 0 radical (unpaired) electrons. The third kappa shape index (κ3) is 2.34. The summed E-state index contributed by atoms with van der Waals surface area (Å²) in [7, 11) is 0. The summed E-state index contributed by atoms with van der Waals surface area (Å²) in [5.74, 6) is -0.340. The molecule has 1 aromatic heterocycles. The highest BCUT2D eigenvalue weighted by Crippen LogP contribution is 2.13. The van der Waals surface area contributed by atoms with Crippen LogP contribution in [0.2, 0.25) is 0 Å². The van der Waals surface area contributed by atoms with Crippen molar-refractivity contribution in [3.63, 3.8) is 0 Å². The SMILES string of the molecule is CCOC(=O)c1c(CC)nnn1C(C)C. The molecule has 0 spiro atoms. The number of hydrogen-bond donors (Lipinski definition) is 0. The quantitative estimate of drug-likeness (QED) is 0.710. The maximum Gasteiger partial charge on any atom is 0.358 e. The van der Waals surface area contributed by atoms with Crippen LogP contribution in [0.15, 0.2) is 0 Å². The topological polar surface area (TPSA) is 57.0 Å². The van der Waals surface area contributed by atoms with Gasteiger partial charge in [-0.15, -0.1) is 5.10 Å². The maximum atomic E-state index is 11.7. The first-order chi connectivity index (χ1) is 7.11. The van der Waals surface area contributed by atoms with E-state index >= 15 is 0 Å². The molecule has 0 amide bonds. The van der Waals surface area contributed by atoms with E-state index in [1.54, 1.807) is 11.6 Å². The molecule has 5 heteroatoms. The van der Waals surface area contributed by atoms with Gasteiger partial charge in [-0.1, -0.05) is 12.1 Å². The molecule has 0 aromatic carbocycles. The van der Waals surface area contributed by atoms with Crippen LogP contribution in [0.4, 0.5) is 0 Å². The molecular weight excluding hydrogens is 194 g/mol. The lowest BCUT2D eigenvalue weighted by Crippen LogP contribution is -2.16. The lowest BCUT2D eigenvalue weighted by molar-refractivity contribution is 0.0508. The predicted octanol–water partition coefficient (Wildman–Crippen LogP) is 1.60. The monoisotopic (exact) mass is 211 g/mol. The molecule has 5 nitrogen and oxygen atoms in total. The van der Waals surface area contributed by atoms with Gasteiger partial charge in [-0.2, -0.15) is 0 Å². The van der Waals surface area contributed by atoms with E-state index in [1.165, 1.54) is 0 Å². The average molecular weight is 211 g/mol. The summed E-state index contributed by atoms with van der Waals surface area (Å²) in [6, 6.07) is 0.109. The van der Waals surface area contributed by atoms with Crippen LogP contribution in [-0.2, 0) is 11.2 Å². The van der Waals surface area contributed by atoms with Crippen LogP contribution in [-0.4, -0.2) is 27.6 Å². The molecule has 0 fully saturated rings. The van der Waals surface area contributed by atoms with Crippen molar-refractivity contribution < 1.29 is 9.53 Å². The van der Waals surface area contributed by atoms with E-state index in [2.05, 4.69) is 10.3 Å². The van der Waals surface area contributed by atoms with Crippen LogP contribution < -0.4 is 0 Å². The van der Waals surface area contributed by atoms with E-state index in [4.69, 9.17) is 4.74 Å². The van der Waals surface area contributed by atoms with Crippen molar-refractivity contribution in [3.8, 4) is 0 Å². The molecule has 0 aliphatic heterocycles. The second-order valence-electron chi connectivity index (χ2n) is 3.50. The minimum Gasteiger partial charge on any atom is -0.461 e. The Labute approximate surface area is 89.4 Å². The standard InChI is InChI=1S/C10H17N3O2/c1-5-8-9(10(14)15-6-2)13(7(3)4)12-11-8/h7H,5-6H2,1-4H3. The van der Waals surface area contributed by atoms with Gasteiger partial charge in [0.15, 0.2) is 5.69 Å². The maximum absolute atomic E-state index is 11.7. The Morgan fingerprint density at radius 1 is 1.47 bits per heavy atom. The summed E-state index contributed by atoms with van der Waals surface area (Å²) in [5, 5.41) is 7.93. The molecule has 0 N–H and O–H groups in total. The Balaban J connectivity index is 3.10. The normalized spacial score (nSPS) is 10.7. The number of carbonyl (C=O) groups is 1. The molecule has 84 valence electrons. The summed E-state index contributed by atoms with van der Waals surface area (Å²) < 4.78 is 6.59. The van der Waals surface area contributed by atoms with Gasteiger partial charge in [0, 0.05) is 6.04 Å². The van der Waals surface area contributed by atoms with Crippen LogP contribution in [0.1, 0.15) is 49.9 Å². The Hall–Kier alpha value is -1.39. The molecule has 1 rings (SSSR count). The van der Waals surface area contributed by atoms with Gasteiger partial charge in [-0.25, -0.2) is 9.48 Å². The van der Waals surface area contributed by atoms with Crippen LogP contribution >= 0.6 is 0 Å². The van der Waals surface area contributed by atoms with Crippen molar-refractivity contribution >= 4 is 5.97 Å². The van der Waals surface area contributed by atoms with Gasteiger partial charge in [0.2, 0.25) is 0 Å². The van der Waals surface area contributed by atoms with E-state index in [9.17, 15) is 4.79 Å². The second kappa shape index (κ2) is 4.91. The van der Waals surface area contributed by atoms with Crippen LogP contribution in [0, 0.1) is 0 Å².